The van der Waals surface area contributed by atoms with E-state index in [0.29, 0.717) is 12.0 Å². The first-order valence-electron chi connectivity index (χ1n) is 6.15. The normalized spacial score (nSPS) is 17.8. The highest BCUT2D eigenvalue weighted by Gasteiger charge is 2.32. The lowest BCUT2D eigenvalue weighted by Gasteiger charge is -2.19. The van der Waals surface area contributed by atoms with Crippen molar-refractivity contribution in [1.82, 2.24) is 5.32 Å². The summed E-state index contributed by atoms with van der Waals surface area (Å²) in [6.07, 6.45) is 2.74. The molecule has 0 radical (unpaired) electrons. The molecule has 0 aliphatic heterocycles. The highest BCUT2D eigenvalue weighted by molar-refractivity contribution is 6.30. The molecule has 16 heavy (non-hydrogen) atoms. The van der Waals surface area contributed by atoms with Crippen molar-refractivity contribution in [3.63, 3.8) is 0 Å². The van der Waals surface area contributed by atoms with E-state index >= 15 is 0 Å². The Balaban J connectivity index is 2.06. The smallest absolute Gasteiger partial charge is 0.0408 e. The Morgan fingerprint density at radius 3 is 2.69 bits per heavy atom. The van der Waals surface area contributed by atoms with Crippen molar-refractivity contribution in [2.45, 2.75) is 38.6 Å². The number of hydrogen-bond donors (Lipinski definition) is 1. The van der Waals surface area contributed by atoms with Crippen molar-refractivity contribution in [3.8, 4) is 0 Å². The molecule has 0 spiro atoms. The van der Waals surface area contributed by atoms with Crippen molar-refractivity contribution >= 4 is 11.6 Å². The van der Waals surface area contributed by atoms with Gasteiger partial charge in [0.25, 0.3) is 0 Å². The van der Waals surface area contributed by atoms with E-state index in [1.807, 2.05) is 6.07 Å². The van der Waals surface area contributed by atoms with E-state index in [1.165, 1.54) is 18.4 Å². The van der Waals surface area contributed by atoms with Gasteiger partial charge in [-0.1, -0.05) is 37.6 Å². The third-order valence-corrected chi connectivity index (χ3v) is 3.45. The zero-order chi connectivity index (χ0) is 11.5. The number of halogens is 1. The highest BCUT2D eigenvalue weighted by atomic mass is 35.5. The van der Waals surface area contributed by atoms with Crippen LogP contribution in [0.1, 0.15) is 38.2 Å². The number of hydrogen-bond acceptors (Lipinski definition) is 1. The molecular weight excluding hydrogens is 218 g/mol. The first-order chi connectivity index (χ1) is 7.66. The van der Waals surface area contributed by atoms with Crippen LogP contribution in [0.5, 0.6) is 0 Å². The monoisotopic (exact) mass is 237 g/mol. The maximum Gasteiger partial charge on any atom is 0.0408 e. The van der Waals surface area contributed by atoms with E-state index in [2.05, 4.69) is 37.4 Å². The average Bonchev–Trinajstić information content (AvgIpc) is 3.02. The van der Waals surface area contributed by atoms with Gasteiger partial charge in [0.15, 0.2) is 0 Å². The zero-order valence-corrected chi connectivity index (χ0v) is 10.8. The Hall–Kier alpha value is -0.530. The molecule has 0 aromatic heterocycles. The van der Waals surface area contributed by atoms with Crippen LogP contribution in [0.15, 0.2) is 24.3 Å². The van der Waals surface area contributed by atoms with Crippen molar-refractivity contribution in [3.05, 3.63) is 34.9 Å². The molecule has 1 unspecified atom stereocenters. The van der Waals surface area contributed by atoms with Crippen molar-refractivity contribution in [1.29, 1.82) is 0 Å². The fourth-order valence-electron chi connectivity index (χ4n) is 2.16. The minimum atomic E-state index is 0.556. The topological polar surface area (TPSA) is 12.0 Å². The first kappa shape index (κ1) is 11.9. The zero-order valence-electron chi connectivity index (χ0n) is 10.0. The predicted molar refractivity (Wildman–Crippen MR) is 70.1 cm³/mol. The van der Waals surface area contributed by atoms with E-state index in [4.69, 9.17) is 11.6 Å². The number of benzene rings is 1. The second kappa shape index (κ2) is 5.20. The molecule has 1 nitrogen and oxygen atoms in total. The molecule has 1 fully saturated rings. The van der Waals surface area contributed by atoms with Crippen LogP contribution in [0.4, 0.5) is 0 Å². The van der Waals surface area contributed by atoms with Gasteiger partial charge in [-0.05, 0) is 42.4 Å². The lowest BCUT2D eigenvalue weighted by Crippen LogP contribution is -2.28. The second-order valence-electron chi connectivity index (χ2n) is 5.06. The van der Waals surface area contributed by atoms with E-state index in [0.717, 1.165) is 17.5 Å². The minimum Gasteiger partial charge on any atom is -0.314 e. The standard InChI is InChI=1S/C14H20ClN/c1-10(2)16-9-14(11-6-7-11)12-4-3-5-13(15)8-12/h3-5,8,10-11,14,16H,6-7,9H2,1-2H3. The minimum absolute atomic E-state index is 0.556. The molecule has 1 aliphatic rings. The van der Waals surface area contributed by atoms with Gasteiger partial charge in [-0.15, -0.1) is 0 Å². The van der Waals surface area contributed by atoms with Crippen LogP contribution in [0, 0.1) is 5.92 Å². The summed E-state index contributed by atoms with van der Waals surface area (Å²) in [7, 11) is 0. The highest BCUT2D eigenvalue weighted by Crippen LogP contribution is 2.42. The quantitative estimate of drug-likeness (QED) is 0.821. The summed E-state index contributed by atoms with van der Waals surface area (Å²) in [5.41, 5.74) is 1.39. The van der Waals surface area contributed by atoms with Gasteiger partial charge in [0.05, 0.1) is 0 Å². The lowest BCUT2D eigenvalue weighted by molar-refractivity contribution is 0.496. The number of rotatable bonds is 5. The summed E-state index contributed by atoms with van der Waals surface area (Å²) < 4.78 is 0. The third kappa shape index (κ3) is 3.23. The van der Waals surface area contributed by atoms with Gasteiger partial charge in [0.1, 0.15) is 0 Å². The van der Waals surface area contributed by atoms with Crippen LogP contribution in [0.3, 0.4) is 0 Å². The first-order valence-corrected chi connectivity index (χ1v) is 6.53. The molecule has 0 amide bonds. The van der Waals surface area contributed by atoms with Crippen LogP contribution in [0.25, 0.3) is 0 Å². The van der Waals surface area contributed by atoms with Crippen LogP contribution in [-0.4, -0.2) is 12.6 Å². The summed E-state index contributed by atoms with van der Waals surface area (Å²) in [6.45, 7) is 5.46. The van der Waals surface area contributed by atoms with Gasteiger partial charge in [-0.2, -0.15) is 0 Å². The van der Waals surface area contributed by atoms with Crippen LogP contribution < -0.4 is 5.32 Å². The van der Waals surface area contributed by atoms with Gasteiger partial charge in [-0.25, -0.2) is 0 Å². The van der Waals surface area contributed by atoms with Crippen LogP contribution in [0.2, 0.25) is 5.02 Å². The number of nitrogens with one attached hydrogen (secondary N) is 1. The molecule has 1 aliphatic carbocycles. The molecular formula is C14H20ClN. The second-order valence-corrected chi connectivity index (χ2v) is 5.50. The molecule has 1 aromatic carbocycles. The Kier molecular flexibility index (Phi) is 3.88. The lowest BCUT2D eigenvalue weighted by atomic mass is 9.94. The summed E-state index contributed by atoms with van der Waals surface area (Å²) in [6, 6.07) is 8.89. The molecule has 1 aromatic rings. The summed E-state index contributed by atoms with van der Waals surface area (Å²) in [4.78, 5) is 0. The Morgan fingerprint density at radius 2 is 2.12 bits per heavy atom. The average molecular weight is 238 g/mol. The van der Waals surface area contributed by atoms with Crippen molar-refractivity contribution in [2.75, 3.05) is 6.54 Å². The summed E-state index contributed by atoms with van der Waals surface area (Å²) in [5, 5.41) is 4.40. The SMILES string of the molecule is CC(C)NCC(c1cccc(Cl)c1)C1CC1. The molecule has 2 heteroatoms. The fraction of sp³-hybridized carbons (Fsp3) is 0.571. The largest absolute Gasteiger partial charge is 0.314 e. The molecule has 1 saturated carbocycles. The van der Waals surface area contributed by atoms with Gasteiger partial charge < -0.3 is 5.32 Å². The predicted octanol–water partition coefficient (Wildman–Crippen LogP) is 3.83. The Labute approximate surface area is 103 Å². The third-order valence-electron chi connectivity index (χ3n) is 3.21. The molecule has 0 saturated heterocycles. The molecule has 1 atom stereocenters. The molecule has 2 rings (SSSR count). The van der Waals surface area contributed by atoms with Gasteiger partial charge in [0, 0.05) is 17.6 Å². The summed E-state index contributed by atoms with van der Waals surface area (Å²) >= 11 is 6.06. The van der Waals surface area contributed by atoms with E-state index < -0.39 is 0 Å². The van der Waals surface area contributed by atoms with E-state index in [1.54, 1.807) is 0 Å². The van der Waals surface area contributed by atoms with E-state index in [9.17, 15) is 0 Å². The van der Waals surface area contributed by atoms with Crippen molar-refractivity contribution in [2.24, 2.45) is 5.92 Å². The van der Waals surface area contributed by atoms with Gasteiger partial charge in [-0.3, -0.25) is 0 Å². The van der Waals surface area contributed by atoms with Crippen molar-refractivity contribution < 1.29 is 0 Å². The Bertz CT molecular complexity index is 344. The van der Waals surface area contributed by atoms with Crippen LogP contribution >= 0.6 is 11.6 Å². The van der Waals surface area contributed by atoms with Gasteiger partial charge >= 0.3 is 0 Å². The maximum absolute atomic E-state index is 6.06. The van der Waals surface area contributed by atoms with Crippen LogP contribution in [-0.2, 0) is 0 Å². The maximum atomic E-state index is 6.06. The van der Waals surface area contributed by atoms with E-state index in [-0.39, 0.29) is 0 Å². The fourth-order valence-corrected chi connectivity index (χ4v) is 2.35. The van der Waals surface area contributed by atoms with Gasteiger partial charge in [0.2, 0.25) is 0 Å². The molecule has 88 valence electrons. The summed E-state index contributed by atoms with van der Waals surface area (Å²) in [5.74, 6) is 1.51. The molecule has 1 N–H and O–H groups in total. The Morgan fingerprint density at radius 1 is 1.38 bits per heavy atom. The molecule has 0 heterocycles. The molecule has 0 bridgehead atoms.